The van der Waals surface area contributed by atoms with E-state index in [0.717, 1.165) is 0 Å². The van der Waals surface area contributed by atoms with Gasteiger partial charge in [-0.15, -0.1) is 0 Å². The summed E-state index contributed by atoms with van der Waals surface area (Å²) in [5.74, 6) is 0.292. The third-order valence-electron chi connectivity index (χ3n) is 3.91. The summed E-state index contributed by atoms with van der Waals surface area (Å²) in [4.78, 5) is 13.6. The number of nitrogens with one attached hydrogen (secondary N) is 1. The summed E-state index contributed by atoms with van der Waals surface area (Å²) >= 11 is 0. The minimum absolute atomic E-state index is 0.00676. The molecule has 1 atom stereocenters. The SMILES string of the molecule is CN1C(=O)CN[C@@H]1C(c1ccccc1)c1ccccc1. The number of carbonyl (C=O) groups is 1. The van der Waals surface area contributed by atoms with Crippen molar-refractivity contribution in [3.05, 3.63) is 71.8 Å². The normalized spacial score (nSPS) is 18.8. The first kappa shape index (κ1) is 12.9. The van der Waals surface area contributed by atoms with Gasteiger partial charge in [0.15, 0.2) is 0 Å². The van der Waals surface area contributed by atoms with Crippen LogP contribution in [0.3, 0.4) is 0 Å². The van der Waals surface area contributed by atoms with E-state index in [2.05, 4.69) is 29.6 Å². The molecular formula is C17H18N2O. The van der Waals surface area contributed by atoms with Crippen LogP contribution in [0.5, 0.6) is 0 Å². The predicted molar refractivity (Wildman–Crippen MR) is 79.3 cm³/mol. The second-order valence-electron chi connectivity index (χ2n) is 5.13. The number of carbonyl (C=O) groups excluding carboxylic acids is 1. The minimum Gasteiger partial charge on any atom is -0.328 e. The van der Waals surface area contributed by atoms with E-state index in [-0.39, 0.29) is 18.0 Å². The fraction of sp³-hybridized carbons (Fsp3) is 0.235. The molecule has 0 unspecified atom stereocenters. The summed E-state index contributed by atoms with van der Waals surface area (Å²) < 4.78 is 0. The molecule has 2 aromatic rings. The molecule has 3 rings (SSSR count). The molecule has 0 saturated carbocycles. The lowest BCUT2D eigenvalue weighted by atomic mass is 9.88. The van der Waals surface area contributed by atoms with Gasteiger partial charge in [-0.25, -0.2) is 0 Å². The molecule has 1 amide bonds. The highest BCUT2D eigenvalue weighted by Crippen LogP contribution is 2.30. The molecule has 1 heterocycles. The van der Waals surface area contributed by atoms with Gasteiger partial charge in [0, 0.05) is 13.0 Å². The zero-order valence-corrected chi connectivity index (χ0v) is 11.5. The minimum atomic E-state index is 0.00676. The van der Waals surface area contributed by atoms with Crippen molar-refractivity contribution >= 4 is 5.91 Å². The molecule has 2 aromatic carbocycles. The summed E-state index contributed by atoms with van der Waals surface area (Å²) in [6.07, 6.45) is 0.00676. The van der Waals surface area contributed by atoms with Gasteiger partial charge in [0.2, 0.25) is 5.91 Å². The highest BCUT2D eigenvalue weighted by Gasteiger charge is 2.35. The Hall–Kier alpha value is -2.13. The van der Waals surface area contributed by atoms with Crippen LogP contribution in [-0.2, 0) is 4.79 Å². The van der Waals surface area contributed by atoms with Crippen molar-refractivity contribution in [1.82, 2.24) is 10.2 Å². The van der Waals surface area contributed by atoms with Crippen LogP contribution in [0.15, 0.2) is 60.7 Å². The summed E-state index contributed by atoms with van der Waals surface area (Å²) in [5.41, 5.74) is 2.44. The first-order chi connectivity index (χ1) is 9.77. The van der Waals surface area contributed by atoms with Crippen LogP contribution >= 0.6 is 0 Å². The maximum Gasteiger partial charge on any atom is 0.237 e. The summed E-state index contributed by atoms with van der Waals surface area (Å²) in [6, 6.07) is 20.7. The van der Waals surface area contributed by atoms with E-state index in [4.69, 9.17) is 0 Å². The van der Waals surface area contributed by atoms with Crippen LogP contribution in [0.4, 0.5) is 0 Å². The van der Waals surface area contributed by atoms with E-state index in [1.54, 1.807) is 0 Å². The van der Waals surface area contributed by atoms with Crippen molar-refractivity contribution in [2.45, 2.75) is 12.1 Å². The van der Waals surface area contributed by atoms with Crippen molar-refractivity contribution in [1.29, 1.82) is 0 Å². The Morgan fingerprint density at radius 3 is 1.90 bits per heavy atom. The Morgan fingerprint density at radius 1 is 1.00 bits per heavy atom. The van der Waals surface area contributed by atoms with Crippen molar-refractivity contribution in [2.24, 2.45) is 0 Å². The first-order valence-corrected chi connectivity index (χ1v) is 6.86. The quantitative estimate of drug-likeness (QED) is 0.923. The Kier molecular flexibility index (Phi) is 3.52. The van der Waals surface area contributed by atoms with Crippen molar-refractivity contribution < 1.29 is 4.79 Å². The fourth-order valence-electron chi connectivity index (χ4n) is 2.83. The van der Waals surface area contributed by atoms with Gasteiger partial charge in [-0.1, -0.05) is 60.7 Å². The van der Waals surface area contributed by atoms with Crippen LogP contribution in [0.2, 0.25) is 0 Å². The van der Waals surface area contributed by atoms with Crippen molar-refractivity contribution in [3.63, 3.8) is 0 Å². The topological polar surface area (TPSA) is 32.3 Å². The zero-order chi connectivity index (χ0) is 13.9. The number of likely N-dealkylation sites (N-methyl/N-ethyl adjacent to an activating group) is 1. The Labute approximate surface area is 119 Å². The van der Waals surface area contributed by atoms with E-state index in [0.29, 0.717) is 6.54 Å². The molecule has 3 heteroatoms. The molecule has 20 heavy (non-hydrogen) atoms. The second kappa shape index (κ2) is 5.47. The van der Waals surface area contributed by atoms with Gasteiger partial charge >= 0.3 is 0 Å². The highest BCUT2D eigenvalue weighted by atomic mass is 16.2. The fourth-order valence-corrected chi connectivity index (χ4v) is 2.83. The third kappa shape index (κ3) is 2.32. The number of hydrogen-bond acceptors (Lipinski definition) is 2. The lowest BCUT2D eigenvalue weighted by Gasteiger charge is -2.29. The predicted octanol–water partition coefficient (Wildman–Crippen LogP) is 2.21. The molecule has 102 valence electrons. The molecule has 0 radical (unpaired) electrons. The maximum atomic E-state index is 11.8. The van der Waals surface area contributed by atoms with Gasteiger partial charge in [0.1, 0.15) is 0 Å². The summed E-state index contributed by atoms with van der Waals surface area (Å²) in [5, 5.41) is 3.33. The Morgan fingerprint density at radius 2 is 1.50 bits per heavy atom. The summed E-state index contributed by atoms with van der Waals surface area (Å²) in [7, 11) is 1.87. The highest BCUT2D eigenvalue weighted by molar-refractivity contribution is 5.80. The van der Waals surface area contributed by atoms with Crippen LogP contribution in [-0.4, -0.2) is 30.6 Å². The van der Waals surface area contributed by atoms with E-state index in [9.17, 15) is 4.79 Å². The Balaban J connectivity index is 2.03. The largest absolute Gasteiger partial charge is 0.328 e. The maximum absolute atomic E-state index is 11.8. The van der Waals surface area contributed by atoms with Crippen molar-refractivity contribution in [3.8, 4) is 0 Å². The van der Waals surface area contributed by atoms with Gasteiger partial charge in [-0.3, -0.25) is 10.1 Å². The van der Waals surface area contributed by atoms with E-state index in [1.165, 1.54) is 11.1 Å². The number of amides is 1. The third-order valence-corrected chi connectivity index (χ3v) is 3.91. The van der Waals surface area contributed by atoms with Crippen LogP contribution in [0, 0.1) is 0 Å². The van der Waals surface area contributed by atoms with Crippen molar-refractivity contribution in [2.75, 3.05) is 13.6 Å². The molecule has 1 aliphatic heterocycles. The standard InChI is InChI=1S/C17H18N2O/c1-19-15(20)12-18-17(19)16(13-8-4-2-5-9-13)14-10-6-3-7-11-14/h2-11,16-18H,12H2,1H3/t17-/m0/s1. The van der Waals surface area contributed by atoms with Crippen LogP contribution in [0.25, 0.3) is 0 Å². The lowest BCUT2D eigenvalue weighted by molar-refractivity contribution is -0.126. The average molecular weight is 266 g/mol. The van der Waals surface area contributed by atoms with Gasteiger partial charge in [0.05, 0.1) is 12.7 Å². The smallest absolute Gasteiger partial charge is 0.237 e. The van der Waals surface area contributed by atoms with E-state index >= 15 is 0 Å². The van der Waals surface area contributed by atoms with E-state index in [1.807, 2.05) is 48.3 Å². The molecule has 1 fully saturated rings. The van der Waals surface area contributed by atoms with Gasteiger partial charge < -0.3 is 4.90 Å². The van der Waals surface area contributed by atoms with Gasteiger partial charge in [-0.05, 0) is 11.1 Å². The number of nitrogens with zero attached hydrogens (tertiary/aromatic N) is 1. The monoisotopic (exact) mass is 266 g/mol. The molecule has 1 aliphatic rings. The molecule has 1 N–H and O–H groups in total. The second-order valence-corrected chi connectivity index (χ2v) is 5.13. The molecule has 0 spiro atoms. The molecule has 3 nitrogen and oxygen atoms in total. The van der Waals surface area contributed by atoms with E-state index < -0.39 is 0 Å². The summed E-state index contributed by atoms with van der Waals surface area (Å²) in [6.45, 7) is 0.414. The molecule has 1 saturated heterocycles. The number of rotatable bonds is 3. The van der Waals surface area contributed by atoms with Gasteiger partial charge in [0.25, 0.3) is 0 Å². The zero-order valence-electron chi connectivity index (χ0n) is 11.5. The Bertz CT molecular complexity index is 543. The van der Waals surface area contributed by atoms with Crippen LogP contribution < -0.4 is 5.32 Å². The lowest BCUT2D eigenvalue weighted by Crippen LogP contribution is -2.40. The first-order valence-electron chi connectivity index (χ1n) is 6.86. The molecular weight excluding hydrogens is 248 g/mol. The number of benzene rings is 2. The molecule has 0 bridgehead atoms. The molecule has 0 aliphatic carbocycles. The average Bonchev–Trinajstić information content (AvgIpc) is 2.82. The van der Waals surface area contributed by atoms with Crippen LogP contribution in [0.1, 0.15) is 17.0 Å². The molecule has 0 aromatic heterocycles. The number of hydrogen-bond donors (Lipinski definition) is 1. The van der Waals surface area contributed by atoms with Gasteiger partial charge in [-0.2, -0.15) is 0 Å².